The molecule has 1 aromatic heterocycles. The molecule has 2 fully saturated rings. The largest absolute Gasteiger partial charge is 0.357 e. The quantitative estimate of drug-likeness (QED) is 0.678. The summed E-state index contributed by atoms with van der Waals surface area (Å²) in [6.45, 7) is 5.70. The van der Waals surface area contributed by atoms with E-state index >= 15 is 0 Å². The number of amides is 1. The summed E-state index contributed by atoms with van der Waals surface area (Å²) in [5, 5.41) is 6.77. The van der Waals surface area contributed by atoms with Crippen LogP contribution >= 0.6 is 11.6 Å². The van der Waals surface area contributed by atoms with Crippen molar-refractivity contribution in [2.75, 3.05) is 68.5 Å². The van der Waals surface area contributed by atoms with Crippen molar-refractivity contribution >= 4 is 35.4 Å². The molecule has 2 aliphatic rings. The summed E-state index contributed by atoms with van der Waals surface area (Å²) in [6.07, 6.45) is 1.53. The van der Waals surface area contributed by atoms with E-state index in [4.69, 9.17) is 16.6 Å². The summed E-state index contributed by atoms with van der Waals surface area (Å²) in [5.74, 6) is 2.02. The van der Waals surface area contributed by atoms with Crippen LogP contribution in [0.4, 0.5) is 17.8 Å². The molecule has 4 rings (SSSR count). The van der Waals surface area contributed by atoms with Gasteiger partial charge >= 0.3 is 0 Å². The Kier molecular flexibility index (Phi) is 7.26. The van der Waals surface area contributed by atoms with Gasteiger partial charge in [-0.05, 0) is 31.5 Å². The van der Waals surface area contributed by atoms with Crippen LogP contribution in [0.15, 0.2) is 24.3 Å². The molecular weight excluding hydrogens is 428 g/mol. The lowest BCUT2D eigenvalue weighted by atomic mass is 9.96. The second-order valence-corrected chi connectivity index (χ2v) is 8.78. The molecule has 9 nitrogen and oxygen atoms in total. The highest BCUT2D eigenvalue weighted by Crippen LogP contribution is 2.24. The van der Waals surface area contributed by atoms with Crippen LogP contribution in [0.25, 0.3) is 0 Å². The van der Waals surface area contributed by atoms with Crippen molar-refractivity contribution in [2.45, 2.75) is 19.4 Å². The summed E-state index contributed by atoms with van der Waals surface area (Å²) in [7, 11) is 3.95. The standard InChI is InChI=1S/C22H31ClN8O/c1-24-20-26-21(28-22(27-20)31-13-11-29(2)12-14-31)30-9-7-16(8-10-30)19(32)25-15-17-5-3-4-6-18(17)23/h3-6,16H,7-15H2,1-2H3,(H,25,32)(H,24,26,27,28). The zero-order valence-electron chi connectivity index (χ0n) is 18.7. The molecule has 0 unspecified atom stereocenters. The Labute approximate surface area is 194 Å². The van der Waals surface area contributed by atoms with Crippen LogP contribution in [0.2, 0.25) is 5.02 Å². The van der Waals surface area contributed by atoms with E-state index in [9.17, 15) is 4.79 Å². The van der Waals surface area contributed by atoms with Crippen molar-refractivity contribution in [1.82, 2.24) is 25.2 Å². The number of anilines is 3. The zero-order valence-corrected chi connectivity index (χ0v) is 19.5. The summed E-state index contributed by atoms with van der Waals surface area (Å²) < 4.78 is 0. The second-order valence-electron chi connectivity index (χ2n) is 8.37. The van der Waals surface area contributed by atoms with Gasteiger partial charge in [0.1, 0.15) is 0 Å². The van der Waals surface area contributed by atoms with E-state index in [0.717, 1.165) is 57.7 Å². The van der Waals surface area contributed by atoms with E-state index in [1.165, 1.54) is 0 Å². The number of piperazine rings is 1. The average Bonchev–Trinajstić information content (AvgIpc) is 2.83. The number of hydrogen-bond donors (Lipinski definition) is 2. The van der Waals surface area contributed by atoms with Gasteiger partial charge < -0.3 is 25.3 Å². The van der Waals surface area contributed by atoms with E-state index in [1.807, 2.05) is 31.3 Å². The third kappa shape index (κ3) is 5.39. The van der Waals surface area contributed by atoms with Gasteiger partial charge in [-0.25, -0.2) is 0 Å². The maximum atomic E-state index is 12.7. The Morgan fingerprint density at radius 2 is 1.62 bits per heavy atom. The molecule has 32 heavy (non-hydrogen) atoms. The van der Waals surface area contributed by atoms with Gasteiger partial charge in [0.2, 0.25) is 23.8 Å². The highest BCUT2D eigenvalue weighted by atomic mass is 35.5. The summed E-state index contributed by atoms with van der Waals surface area (Å²) >= 11 is 6.19. The molecule has 3 heterocycles. The number of rotatable bonds is 6. The maximum absolute atomic E-state index is 12.7. The lowest BCUT2D eigenvalue weighted by Crippen LogP contribution is -2.45. The van der Waals surface area contributed by atoms with Crippen LogP contribution < -0.4 is 20.4 Å². The number of halogens is 1. The van der Waals surface area contributed by atoms with Gasteiger partial charge in [0.25, 0.3) is 0 Å². The highest BCUT2D eigenvalue weighted by Gasteiger charge is 2.27. The molecule has 2 aromatic rings. The fraction of sp³-hybridized carbons (Fsp3) is 0.545. The number of benzene rings is 1. The van der Waals surface area contributed by atoms with E-state index in [-0.39, 0.29) is 11.8 Å². The maximum Gasteiger partial charge on any atom is 0.232 e. The van der Waals surface area contributed by atoms with Crippen molar-refractivity contribution < 1.29 is 4.79 Å². The first-order valence-electron chi connectivity index (χ1n) is 11.2. The van der Waals surface area contributed by atoms with Gasteiger partial charge in [-0.15, -0.1) is 0 Å². The minimum Gasteiger partial charge on any atom is -0.357 e. The lowest BCUT2D eigenvalue weighted by Gasteiger charge is -2.34. The van der Waals surface area contributed by atoms with Crippen molar-refractivity contribution in [1.29, 1.82) is 0 Å². The molecule has 172 valence electrons. The van der Waals surface area contributed by atoms with Crippen LogP contribution in [0, 0.1) is 5.92 Å². The number of piperidine rings is 1. The van der Waals surface area contributed by atoms with Crippen molar-refractivity contribution in [3.8, 4) is 0 Å². The highest BCUT2D eigenvalue weighted by molar-refractivity contribution is 6.31. The zero-order chi connectivity index (χ0) is 22.5. The number of hydrogen-bond acceptors (Lipinski definition) is 8. The van der Waals surface area contributed by atoms with Crippen LogP contribution in [0.5, 0.6) is 0 Å². The predicted molar refractivity (Wildman–Crippen MR) is 127 cm³/mol. The first kappa shape index (κ1) is 22.5. The fourth-order valence-electron chi connectivity index (χ4n) is 4.07. The van der Waals surface area contributed by atoms with Crippen LogP contribution in [0.3, 0.4) is 0 Å². The molecule has 0 saturated carbocycles. The van der Waals surface area contributed by atoms with Crippen molar-refractivity contribution in [3.05, 3.63) is 34.9 Å². The number of nitrogens with one attached hydrogen (secondary N) is 2. The predicted octanol–water partition coefficient (Wildman–Crippen LogP) is 1.85. The third-order valence-corrected chi connectivity index (χ3v) is 6.55. The van der Waals surface area contributed by atoms with E-state index in [2.05, 4.69) is 42.3 Å². The molecule has 2 aliphatic heterocycles. The molecule has 0 atom stereocenters. The SMILES string of the molecule is CNc1nc(N2CCC(C(=O)NCc3ccccc3Cl)CC2)nc(N2CCN(C)CC2)n1. The molecule has 0 aliphatic carbocycles. The second kappa shape index (κ2) is 10.3. The molecule has 10 heteroatoms. The molecular formula is C22H31ClN8O. The van der Waals surface area contributed by atoms with Crippen LogP contribution in [-0.2, 0) is 11.3 Å². The Morgan fingerprint density at radius 3 is 2.25 bits per heavy atom. The smallest absolute Gasteiger partial charge is 0.232 e. The molecule has 0 spiro atoms. The average molecular weight is 459 g/mol. The topological polar surface area (TPSA) is 89.5 Å². The van der Waals surface area contributed by atoms with Gasteiger partial charge in [-0.3, -0.25) is 4.79 Å². The Bertz CT molecular complexity index is 926. The summed E-state index contributed by atoms with van der Waals surface area (Å²) in [6, 6.07) is 7.59. The summed E-state index contributed by atoms with van der Waals surface area (Å²) in [5.41, 5.74) is 0.932. The van der Waals surface area contributed by atoms with Crippen molar-refractivity contribution in [3.63, 3.8) is 0 Å². The first-order valence-corrected chi connectivity index (χ1v) is 11.5. The van der Waals surface area contributed by atoms with E-state index in [1.54, 1.807) is 0 Å². The minimum atomic E-state index is -0.0172. The number of carbonyl (C=O) groups is 1. The van der Waals surface area contributed by atoms with E-state index in [0.29, 0.717) is 29.4 Å². The molecule has 0 radical (unpaired) electrons. The first-order chi connectivity index (χ1) is 15.5. The Hall–Kier alpha value is -2.65. The van der Waals surface area contributed by atoms with Gasteiger partial charge in [0.05, 0.1) is 0 Å². The van der Waals surface area contributed by atoms with Gasteiger partial charge in [0, 0.05) is 63.8 Å². The molecule has 2 saturated heterocycles. The minimum absolute atomic E-state index is 0.0172. The normalized spacial score (nSPS) is 18.0. The van der Waals surface area contributed by atoms with Crippen LogP contribution in [-0.4, -0.2) is 79.1 Å². The number of nitrogens with zero attached hydrogens (tertiary/aromatic N) is 6. The van der Waals surface area contributed by atoms with Crippen LogP contribution in [0.1, 0.15) is 18.4 Å². The molecule has 0 bridgehead atoms. The molecule has 1 aromatic carbocycles. The number of carbonyl (C=O) groups excluding carboxylic acids is 1. The van der Waals surface area contributed by atoms with Gasteiger partial charge in [-0.2, -0.15) is 15.0 Å². The summed E-state index contributed by atoms with van der Waals surface area (Å²) in [4.78, 5) is 33.3. The number of aromatic nitrogens is 3. The van der Waals surface area contributed by atoms with Gasteiger partial charge in [-0.1, -0.05) is 29.8 Å². The third-order valence-electron chi connectivity index (χ3n) is 6.18. The van der Waals surface area contributed by atoms with Gasteiger partial charge in [0.15, 0.2) is 0 Å². The monoisotopic (exact) mass is 458 g/mol. The van der Waals surface area contributed by atoms with Crippen molar-refractivity contribution in [2.24, 2.45) is 5.92 Å². The van der Waals surface area contributed by atoms with E-state index < -0.39 is 0 Å². The Balaban J connectivity index is 1.35. The molecule has 1 amide bonds. The number of likely N-dealkylation sites (N-methyl/N-ethyl adjacent to an activating group) is 1. The Morgan fingerprint density at radius 1 is 1.00 bits per heavy atom. The molecule has 2 N–H and O–H groups in total. The lowest BCUT2D eigenvalue weighted by molar-refractivity contribution is -0.125. The fourth-order valence-corrected chi connectivity index (χ4v) is 4.27.